The van der Waals surface area contributed by atoms with E-state index in [4.69, 9.17) is 9.72 Å². The van der Waals surface area contributed by atoms with Gasteiger partial charge in [-0.15, -0.1) is 0 Å². The molecule has 0 unspecified atom stereocenters. The first-order valence-corrected chi connectivity index (χ1v) is 14.4. The van der Waals surface area contributed by atoms with Gasteiger partial charge in [-0.25, -0.2) is 19.7 Å². The molecule has 3 aromatic heterocycles. The molecule has 41 heavy (non-hydrogen) atoms. The number of carboxylic acid groups (broad SMARTS) is 1. The van der Waals surface area contributed by atoms with E-state index in [9.17, 15) is 9.90 Å². The van der Waals surface area contributed by atoms with Crippen molar-refractivity contribution in [1.29, 1.82) is 0 Å². The van der Waals surface area contributed by atoms with Crippen molar-refractivity contribution in [2.24, 2.45) is 0 Å². The van der Waals surface area contributed by atoms with Crippen molar-refractivity contribution in [1.82, 2.24) is 24.8 Å². The molecule has 0 aromatic carbocycles. The predicted octanol–water partition coefficient (Wildman–Crippen LogP) is 3.66. The number of pyridine rings is 2. The first-order chi connectivity index (χ1) is 19.9. The molecule has 4 heterocycles. The number of ether oxygens (including phenoxy) is 1. The van der Waals surface area contributed by atoms with E-state index >= 15 is 0 Å². The van der Waals surface area contributed by atoms with Gasteiger partial charge in [-0.1, -0.05) is 6.07 Å². The Labute approximate surface area is 242 Å². The Balaban J connectivity index is 1.31. The molecule has 0 fully saturated rings. The van der Waals surface area contributed by atoms with Gasteiger partial charge in [0, 0.05) is 51.2 Å². The molecular formula is C30H42N8O3. The number of unbranched alkanes of at least 4 members (excludes halogenated alkanes) is 1. The van der Waals surface area contributed by atoms with Gasteiger partial charge < -0.3 is 25.4 Å². The molecule has 0 aliphatic carbocycles. The number of aliphatic carboxylic acids is 1. The summed E-state index contributed by atoms with van der Waals surface area (Å²) in [5, 5.41) is 16.4. The summed E-state index contributed by atoms with van der Waals surface area (Å²) in [4.78, 5) is 33.8. The molecule has 0 radical (unpaired) electrons. The van der Waals surface area contributed by atoms with Gasteiger partial charge in [0.1, 0.15) is 42.2 Å². The van der Waals surface area contributed by atoms with Crippen LogP contribution in [0, 0.1) is 6.92 Å². The third-order valence-corrected chi connectivity index (χ3v) is 7.13. The fourth-order valence-electron chi connectivity index (χ4n) is 4.74. The molecule has 3 N–H and O–H groups in total. The second-order valence-electron chi connectivity index (χ2n) is 10.6. The Morgan fingerprint density at radius 1 is 1.12 bits per heavy atom. The average molecular weight is 563 g/mol. The number of nitrogens with zero attached hydrogens (tertiary/aromatic N) is 6. The lowest BCUT2D eigenvalue weighted by molar-refractivity contribution is -0.138. The largest absolute Gasteiger partial charge is 0.491 e. The van der Waals surface area contributed by atoms with Crippen LogP contribution in [0.1, 0.15) is 42.6 Å². The summed E-state index contributed by atoms with van der Waals surface area (Å²) in [7, 11) is 3.76. The first kappa shape index (κ1) is 30.0. The third kappa shape index (κ3) is 9.56. The topological polar surface area (TPSA) is 129 Å². The number of hydrogen-bond acceptors (Lipinski definition) is 10. The lowest BCUT2D eigenvalue weighted by Gasteiger charge is -2.25. The van der Waals surface area contributed by atoms with Crippen LogP contribution in [-0.2, 0) is 17.6 Å². The van der Waals surface area contributed by atoms with E-state index in [0.717, 1.165) is 68.1 Å². The lowest BCUT2D eigenvalue weighted by atomic mass is 10.1. The van der Waals surface area contributed by atoms with Crippen LogP contribution in [0.15, 0.2) is 42.9 Å². The molecule has 1 aliphatic heterocycles. The van der Waals surface area contributed by atoms with Crippen LogP contribution in [0.2, 0.25) is 0 Å². The van der Waals surface area contributed by atoms with E-state index in [2.05, 4.69) is 42.6 Å². The molecule has 4 rings (SSSR count). The summed E-state index contributed by atoms with van der Waals surface area (Å²) in [6.07, 6.45) is 8.72. The molecule has 0 spiro atoms. The van der Waals surface area contributed by atoms with Crippen molar-refractivity contribution in [2.45, 2.75) is 51.5 Å². The molecule has 11 heteroatoms. The van der Waals surface area contributed by atoms with Gasteiger partial charge in [0.2, 0.25) is 0 Å². The molecule has 0 saturated heterocycles. The van der Waals surface area contributed by atoms with Crippen molar-refractivity contribution in [3.63, 3.8) is 0 Å². The van der Waals surface area contributed by atoms with Gasteiger partial charge >= 0.3 is 5.97 Å². The van der Waals surface area contributed by atoms with Crippen molar-refractivity contribution in [3.8, 4) is 5.75 Å². The van der Waals surface area contributed by atoms with Gasteiger partial charge in [-0.2, -0.15) is 0 Å². The molecule has 220 valence electrons. The Morgan fingerprint density at radius 2 is 2.00 bits per heavy atom. The van der Waals surface area contributed by atoms with Crippen LogP contribution in [0.5, 0.6) is 5.75 Å². The maximum absolute atomic E-state index is 12.1. The zero-order chi connectivity index (χ0) is 29.0. The minimum Gasteiger partial charge on any atom is -0.491 e. The van der Waals surface area contributed by atoms with Gasteiger partial charge in [0.25, 0.3) is 0 Å². The van der Waals surface area contributed by atoms with Gasteiger partial charge in [0.05, 0.1) is 6.20 Å². The van der Waals surface area contributed by atoms with E-state index in [0.29, 0.717) is 37.8 Å². The fraction of sp³-hybridized carbons (Fsp3) is 0.500. The Kier molecular flexibility index (Phi) is 11.1. The van der Waals surface area contributed by atoms with E-state index in [-0.39, 0.29) is 0 Å². The number of carboxylic acids is 1. The highest BCUT2D eigenvalue weighted by molar-refractivity contribution is 5.77. The third-order valence-electron chi connectivity index (χ3n) is 7.13. The SMILES string of the molecule is Cc1ccc(OCCN(CCCCc2ccc3c(n2)NCCC3)CC[C@H](Nc2cc(N(C)C)ncn2)C(=O)O)cn1. The highest BCUT2D eigenvalue weighted by Gasteiger charge is 2.20. The number of fused-ring (bicyclic) bond motifs is 1. The van der Waals surface area contributed by atoms with Gasteiger partial charge in [-0.05, 0) is 75.8 Å². The van der Waals surface area contributed by atoms with E-state index < -0.39 is 12.0 Å². The van der Waals surface area contributed by atoms with E-state index in [1.54, 1.807) is 12.3 Å². The summed E-state index contributed by atoms with van der Waals surface area (Å²) in [6, 6.07) is 9.16. The van der Waals surface area contributed by atoms with Crippen molar-refractivity contribution in [2.75, 3.05) is 62.4 Å². The molecular weight excluding hydrogens is 520 g/mol. The average Bonchev–Trinajstić information content (AvgIpc) is 2.97. The second kappa shape index (κ2) is 15.1. The lowest BCUT2D eigenvalue weighted by Crippen LogP contribution is -2.37. The van der Waals surface area contributed by atoms with Crippen LogP contribution in [0.25, 0.3) is 0 Å². The zero-order valence-electron chi connectivity index (χ0n) is 24.3. The number of aromatic nitrogens is 4. The number of carbonyl (C=O) groups is 1. The number of hydrogen-bond donors (Lipinski definition) is 3. The first-order valence-electron chi connectivity index (χ1n) is 14.4. The summed E-state index contributed by atoms with van der Waals surface area (Å²) >= 11 is 0. The number of aryl methyl sites for hydroxylation is 3. The van der Waals surface area contributed by atoms with Crippen molar-refractivity contribution >= 4 is 23.4 Å². The van der Waals surface area contributed by atoms with Crippen LogP contribution in [0.4, 0.5) is 17.5 Å². The standard InChI is InChI=1S/C30H42N8O3/c1-22-9-12-25(20-32-22)41-18-17-38(15-5-4-8-24-11-10-23-7-6-14-31-29(23)35-24)16-13-26(30(39)40)36-27-19-28(37(2)3)34-21-33-27/h9-12,19-21,26H,4-8,13-18H2,1-3H3,(H,31,35)(H,39,40)(H,33,34,36)/t26-/m0/s1. The predicted molar refractivity (Wildman–Crippen MR) is 161 cm³/mol. The van der Waals surface area contributed by atoms with E-state index in [1.165, 1.54) is 11.9 Å². The highest BCUT2D eigenvalue weighted by atomic mass is 16.5. The Morgan fingerprint density at radius 3 is 2.78 bits per heavy atom. The van der Waals surface area contributed by atoms with Crippen LogP contribution >= 0.6 is 0 Å². The van der Waals surface area contributed by atoms with Crippen molar-refractivity contribution in [3.05, 3.63) is 59.8 Å². The molecule has 11 nitrogen and oxygen atoms in total. The summed E-state index contributed by atoms with van der Waals surface area (Å²) < 4.78 is 5.93. The Hall–Kier alpha value is -3.99. The van der Waals surface area contributed by atoms with E-state index in [1.807, 2.05) is 38.1 Å². The second-order valence-corrected chi connectivity index (χ2v) is 10.6. The summed E-state index contributed by atoms with van der Waals surface area (Å²) in [5.74, 6) is 2.05. The van der Waals surface area contributed by atoms with Gasteiger partial charge in [0.15, 0.2) is 0 Å². The minimum atomic E-state index is -0.913. The summed E-state index contributed by atoms with van der Waals surface area (Å²) in [6.45, 7) is 5.54. The molecule has 0 bridgehead atoms. The molecule has 3 aromatic rings. The van der Waals surface area contributed by atoms with Crippen molar-refractivity contribution < 1.29 is 14.6 Å². The number of anilines is 3. The monoisotopic (exact) mass is 562 g/mol. The highest BCUT2D eigenvalue weighted by Crippen LogP contribution is 2.20. The quantitative estimate of drug-likeness (QED) is 0.221. The molecule has 1 atom stereocenters. The van der Waals surface area contributed by atoms with Crippen LogP contribution in [-0.4, -0.2) is 88.8 Å². The van der Waals surface area contributed by atoms with Crippen LogP contribution < -0.4 is 20.3 Å². The zero-order valence-corrected chi connectivity index (χ0v) is 24.3. The van der Waals surface area contributed by atoms with Gasteiger partial charge in [-0.3, -0.25) is 9.88 Å². The normalized spacial score (nSPS) is 13.3. The molecule has 0 saturated carbocycles. The maximum atomic E-state index is 12.1. The molecule has 1 aliphatic rings. The smallest absolute Gasteiger partial charge is 0.326 e. The Bertz CT molecular complexity index is 1250. The summed E-state index contributed by atoms with van der Waals surface area (Å²) in [5.41, 5.74) is 3.35. The number of rotatable bonds is 16. The van der Waals surface area contributed by atoms with Crippen LogP contribution in [0.3, 0.4) is 0 Å². The molecule has 0 amide bonds. The minimum absolute atomic E-state index is 0.417. The number of nitrogens with one attached hydrogen (secondary N) is 2. The maximum Gasteiger partial charge on any atom is 0.326 e. The fourth-order valence-corrected chi connectivity index (χ4v) is 4.74.